The number of nitrogen functional groups attached to an aromatic ring is 1. The zero-order valence-electron chi connectivity index (χ0n) is 12.0. The maximum Gasteiger partial charge on any atom is 0.222 e. The van der Waals surface area contributed by atoms with Crippen molar-refractivity contribution in [1.29, 1.82) is 0 Å². The molecule has 3 heterocycles. The zero-order valence-corrected chi connectivity index (χ0v) is 14.1. The fourth-order valence-electron chi connectivity index (χ4n) is 2.48. The lowest BCUT2D eigenvalue weighted by Gasteiger charge is -2.06. The summed E-state index contributed by atoms with van der Waals surface area (Å²) in [6, 6.07) is 11.8. The first-order chi connectivity index (χ1) is 11.2. The van der Waals surface area contributed by atoms with Crippen LogP contribution >= 0.6 is 22.6 Å². The number of rotatable bonds is 3. The van der Waals surface area contributed by atoms with Crippen LogP contribution in [-0.2, 0) is 6.54 Å². The number of nitrogens with two attached hydrogens (primary N) is 1. The van der Waals surface area contributed by atoms with E-state index in [4.69, 9.17) is 10.2 Å². The zero-order chi connectivity index (χ0) is 15.8. The minimum Gasteiger partial charge on any atom is -0.463 e. The number of nitrogens with zero attached hydrogens (tertiary/aromatic N) is 4. The van der Waals surface area contributed by atoms with Crippen LogP contribution in [0.1, 0.15) is 5.56 Å². The summed E-state index contributed by atoms with van der Waals surface area (Å²) in [6.45, 7) is 0.622. The van der Waals surface area contributed by atoms with E-state index in [1.807, 2.05) is 28.9 Å². The first-order valence-electron chi connectivity index (χ1n) is 6.98. The lowest BCUT2D eigenvalue weighted by atomic mass is 10.2. The van der Waals surface area contributed by atoms with Gasteiger partial charge in [0, 0.05) is 3.57 Å². The standard InChI is InChI=1S/C16H12IN5O/c17-12-5-2-1-4-10(12)9-22-15-11(8-19-22)14(20-16(18)21-15)13-6-3-7-23-13/h1-8H,9H2,(H2,18,20,21). The predicted octanol–water partition coefficient (Wildman–Crippen LogP) is 3.32. The number of anilines is 1. The summed E-state index contributed by atoms with van der Waals surface area (Å²) < 4.78 is 8.46. The van der Waals surface area contributed by atoms with Crippen LogP contribution in [0, 0.1) is 3.57 Å². The highest BCUT2D eigenvalue weighted by Crippen LogP contribution is 2.27. The van der Waals surface area contributed by atoms with Crippen molar-refractivity contribution in [2.24, 2.45) is 0 Å². The highest BCUT2D eigenvalue weighted by molar-refractivity contribution is 14.1. The molecule has 0 spiro atoms. The summed E-state index contributed by atoms with van der Waals surface area (Å²) in [4.78, 5) is 8.65. The molecule has 0 amide bonds. The van der Waals surface area contributed by atoms with Gasteiger partial charge in [-0.3, -0.25) is 0 Å². The number of furan rings is 1. The monoisotopic (exact) mass is 417 g/mol. The van der Waals surface area contributed by atoms with Gasteiger partial charge in [-0.05, 0) is 46.4 Å². The molecule has 0 aliphatic heterocycles. The molecular weight excluding hydrogens is 405 g/mol. The molecule has 0 unspecified atom stereocenters. The summed E-state index contributed by atoms with van der Waals surface area (Å²) in [7, 11) is 0. The topological polar surface area (TPSA) is 82.8 Å². The highest BCUT2D eigenvalue weighted by atomic mass is 127. The van der Waals surface area contributed by atoms with Crippen molar-refractivity contribution in [3.8, 4) is 11.5 Å². The van der Waals surface area contributed by atoms with Gasteiger partial charge in [-0.1, -0.05) is 18.2 Å². The van der Waals surface area contributed by atoms with Gasteiger partial charge in [-0.15, -0.1) is 0 Å². The summed E-state index contributed by atoms with van der Waals surface area (Å²) in [5, 5.41) is 5.28. The molecule has 0 aliphatic carbocycles. The number of hydrogen-bond acceptors (Lipinski definition) is 5. The van der Waals surface area contributed by atoms with Crippen LogP contribution in [0.2, 0.25) is 0 Å². The van der Waals surface area contributed by atoms with Crippen LogP contribution in [0.5, 0.6) is 0 Å². The van der Waals surface area contributed by atoms with Crippen LogP contribution in [0.3, 0.4) is 0 Å². The van der Waals surface area contributed by atoms with Crippen molar-refractivity contribution in [2.75, 3.05) is 5.73 Å². The number of aromatic nitrogens is 4. The first kappa shape index (κ1) is 14.2. The molecule has 0 radical (unpaired) electrons. The second-order valence-electron chi connectivity index (χ2n) is 5.04. The molecule has 0 atom stereocenters. The van der Waals surface area contributed by atoms with E-state index >= 15 is 0 Å². The summed E-state index contributed by atoms with van der Waals surface area (Å²) in [5.41, 5.74) is 8.41. The van der Waals surface area contributed by atoms with Gasteiger partial charge in [0.15, 0.2) is 11.4 Å². The first-order valence-corrected chi connectivity index (χ1v) is 8.06. The number of fused-ring (bicyclic) bond motifs is 1. The molecule has 1 aromatic carbocycles. The Kier molecular flexibility index (Phi) is 3.49. The molecule has 0 saturated heterocycles. The fraction of sp³-hybridized carbons (Fsp3) is 0.0625. The van der Waals surface area contributed by atoms with Gasteiger partial charge in [-0.2, -0.15) is 10.1 Å². The minimum absolute atomic E-state index is 0.202. The molecule has 114 valence electrons. The Bertz CT molecular complexity index is 977. The van der Waals surface area contributed by atoms with Gasteiger partial charge >= 0.3 is 0 Å². The quantitative estimate of drug-likeness (QED) is 0.518. The Morgan fingerprint density at radius 1 is 1.13 bits per heavy atom. The second kappa shape index (κ2) is 5.65. The lowest BCUT2D eigenvalue weighted by molar-refractivity contribution is 0.580. The maximum absolute atomic E-state index is 5.88. The van der Waals surface area contributed by atoms with Gasteiger partial charge in [0.05, 0.1) is 24.4 Å². The van der Waals surface area contributed by atoms with Gasteiger partial charge in [0.1, 0.15) is 5.69 Å². The molecule has 0 aliphatic rings. The molecule has 0 fully saturated rings. The van der Waals surface area contributed by atoms with Crippen LogP contribution in [0.4, 0.5) is 5.95 Å². The molecule has 4 aromatic rings. The van der Waals surface area contributed by atoms with Gasteiger partial charge < -0.3 is 10.2 Å². The van der Waals surface area contributed by atoms with Crippen LogP contribution in [0.15, 0.2) is 53.3 Å². The Balaban J connectivity index is 1.85. The van der Waals surface area contributed by atoms with E-state index in [2.05, 4.69) is 49.8 Å². The largest absolute Gasteiger partial charge is 0.463 e. The molecule has 4 rings (SSSR count). The number of halogens is 1. The summed E-state index contributed by atoms with van der Waals surface area (Å²) in [5.74, 6) is 0.853. The molecule has 3 aromatic heterocycles. The summed E-state index contributed by atoms with van der Waals surface area (Å²) >= 11 is 2.32. The Morgan fingerprint density at radius 3 is 2.78 bits per heavy atom. The number of hydrogen-bond donors (Lipinski definition) is 1. The maximum atomic E-state index is 5.88. The SMILES string of the molecule is Nc1nc(-c2ccco2)c2cnn(Cc3ccccc3I)c2n1. The normalized spacial score (nSPS) is 11.2. The lowest BCUT2D eigenvalue weighted by Crippen LogP contribution is -2.06. The number of benzene rings is 1. The van der Waals surface area contributed by atoms with E-state index in [0.29, 0.717) is 23.6 Å². The third-order valence-corrected chi connectivity index (χ3v) is 4.60. The summed E-state index contributed by atoms with van der Waals surface area (Å²) in [6.07, 6.45) is 3.36. The van der Waals surface area contributed by atoms with Crippen LogP contribution in [-0.4, -0.2) is 19.7 Å². The van der Waals surface area contributed by atoms with Gasteiger partial charge in [-0.25, -0.2) is 9.67 Å². The Hall–Kier alpha value is -2.42. The van der Waals surface area contributed by atoms with E-state index < -0.39 is 0 Å². The average Bonchev–Trinajstić information content (AvgIpc) is 3.19. The van der Waals surface area contributed by atoms with E-state index in [1.165, 1.54) is 9.13 Å². The Morgan fingerprint density at radius 2 is 2.00 bits per heavy atom. The van der Waals surface area contributed by atoms with Gasteiger partial charge in [0.25, 0.3) is 0 Å². The third kappa shape index (κ3) is 2.56. The molecule has 7 heteroatoms. The van der Waals surface area contributed by atoms with Crippen molar-refractivity contribution in [3.63, 3.8) is 0 Å². The van der Waals surface area contributed by atoms with Crippen molar-refractivity contribution in [1.82, 2.24) is 19.7 Å². The predicted molar refractivity (Wildman–Crippen MR) is 95.7 cm³/mol. The highest BCUT2D eigenvalue weighted by Gasteiger charge is 2.15. The smallest absolute Gasteiger partial charge is 0.222 e. The van der Waals surface area contributed by atoms with Crippen molar-refractivity contribution in [2.45, 2.75) is 6.54 Å². The molecule has 2 N–H and O–H groups in total. The average molecular weight is 417 g/mol. The molecule has 0 saturated carbocycles. The molecule has 23 heavy (non-hydrogen) atoms. The van der Waals surface area contributed by atoms with Crippen molar-refractivity contribution < 1.29 is 4.42 Å². The minimum atomic E-state index is 0.202. The van der Waals surface area contributed by atoms with E-state index in [-0.39, 0.29) is 5.95 Å². The molecular formula is C16H12IN5O. The van der Waals surface area contributed by atoms with Crippen molar-refractivity contribution in [3.05, 3.63) is 58.0 Å². The van der Waals surface area contributed by atoms with Crippen LogP contribution < -0.4 is 5.73 Å². The van der Waals surface area contributed by atoms with Crippen LogP contribution in [0.25, 0.3) is 22.5 Å². The fourth-order valence-corrected chi connectivity index (χ4v) is 3.03. The van der Waals surface area contributed by atoms with E-state index in [1.54, 1.807) is 12.5 Å². The van der Waals surface area contributed by atoms with E-state index in [0.717, 1.165) is 5.39 Å². The third-order valence-electron chi connectivity index (χ3n) is 3.55. The van der Waals surface area contributed by atoms with Crippen molar-refractivity contribution >= 4 is 39.6 Å². The molecule has 6 nitrogen and oxygen atoms in total. The molecule has 0 bridgehead atoms. The Labute approximate surface area is 145 Å². The van der Waals surface area contributed by atoms with E-state index in [9.17, 15) is 0 Å². The second-order valence-corrected chi connectivity index (χ2v) is 6.20. The van der Waals surface area contributed by atoms with Gasteiger partial charge in [0.2, 0.25) is 5.95 Å².